The van der Waals surface area contributed by atoms with Crippen LogP contribution in [-0.2, 0) is 9.53 Å². The Kier molecular flexibility index (Phi) is 3.14. The number of hydrogen-bond donors (Lipinski definition) is 1. The van der Waals surface area contributed by atoms with Crippen molar-refractivity contribution in [3.05, 3.63) is 5.70 Å². The molecule has 0 aromatic rings. The Morgan fingerprint density at radius 2 is 2.64 bits per heavy atom. The molecule has 62 valence electrons. The van der Waals surface area contributed by atoms with Crippen LogP contribution in [0.3, 0.4) is 0 Å². The third-order valence-electron chi connectivity index (χ3n) is 1.68. The third kappa shape index (κ3) is 2.07. The van der Waals surface area contributed by atoms with E-state index in [0.717, 1.165) is 26.0 Å². The molecule has 0 bridgehead atoms. The topological polar surface area (TPSA) is 38.3 Å². The lowest BCUT2D eigenvalue weighted by Crippen LogP contribution is -2.15. The third-order valence-corrected chi connectivity index (χ3v) is 1.68. The van der Waals surface area contributed by atoms with Gasteiger partial charge >= 0.3 is 0 Å². The van der Waals surface area contributed by atoms with Crippen LogP contribution in [0.1, 0.15) is 19.8 Å². The molecule has 0 saturated carbocycles. The molecule has 11 heavy (non-hydrogen) atoms. The second kappa shape index (κ2) is 4.16. The summed E-state index contributed by atoms with van der Waals surface area (Å²) in [5.41, 5.74) is 0.582. The zero-order valence-corrected chi connectivity index (χ0v) is 6.72. The Hall–Kier alpha value is -0.790. The highest BCUT2D eigenvalue weighted by Crippen LogP contribution is 2.11. The fourth-order valence-electron chi connectivity index (χ4n) is 1.12. The van der Waals surface area contributed by atoms with Gasteiger partial charge in [0.05, 0.1) is 0 Å². The fourth-order valence-corrected chi connectivity index (χ4v) is 1.12. The van der Waals surface area contributed by atoms with E-state index in [1.54, 1.807) is 0 Å². The summed E-state index contributed by atoms with van der Waals surface area (Å²) in [7, 11) is 0. The second-order valence-electron chi connectivity index (χ2n) is 2.59. The molecule has 0 aromatic heterocycles. The predicted molar refractivity (Wildman–Crippen MR) is 41.9 cm³/mol. The fraction of sp³-hybridized carbons (Fsp3) is 0.750. The van der Waals surface area contributed by atoms with Crippen molar-refractivity contribution < 1.29 is 9.53 Å². The molecule has 0 radical (unpaired) electrons. The zero-order valence-electron chi connectivity index (χ0n) is 6.72. The highest BCUT2D eigenvalue weighted by Gasteiger charge is 2.21. The Balaban J connectivity index is 2.38. The Morgan fingerprint density at radius 1 is 1.82 bits per heavy atom. The van der Waals surface area contributed by atoms with Gasteiger partial charge in [-0.15, -0.1) is 0 Å². The minimum Gasteiger partial charge on any atom is -0.377 e. The van der Waals surface area contributed by atoms with E-state index in [1.165, 1.54) is 0 Å². The Bertz CT molecular complexity index is 173. The van der Waals surface area contributed by atoms with E-state index in [2.05, 4.69) is 5.32 Å². The lowest BCUT2D eigenvalue weighted by molar-refractivity contribution is 0.0837. The zero-order chi connectivity index (χ0) is 8.10. The molecule has 0 aliphatic carbocycles. The van der Waals surface area contributed by atoms with Crippen molar-refractivity contribution in [2.75, 3.05) is 13.2 Å². The van der Waals surface area contributed by atoms with Gasteiger partial charge in [0, 0.05) is 13.2 Å². The second-order valence-corrected chi connectivity index (χ2v) is 2.59. The molecule has 0 aromatic carbocycles. The lowest BCUT2D eigenvalue weighted by Gasteiger charge is -2.08. The summed E-state index contributed by atoms with van der Waals surface area (Å²) in [6.07, 6.45) is 1.86. The Labute approximate surface area is 66.4 Å². The van der Waals surface area contributed by atoms with Crippen molar-refractivity contribution in [1.29, 1.82) is 0 Å². The first kappa shape index (κ1) is 8.31. The van der Waals surface area contributed by atoms with Gasteiger partial charge in [-0.25, -0.2) is 4.79 Å². The van der Waals surface area contributed by atoms with Crippen LogP contribution in [0, 0.1) is 0 Å². The van der Waals surface area contributed by atoms with E-state index in [9.17, 15) is 4.79 Å². The largest absolute Gasteiger partial charge is 0.377 e. The molecular weight excluding hydrogens is 142 g/mol. The van der Waals surface area contributed by atoms with Crippen molar-refractivity contribution >= 4 is 5.94 Å². The molecule has 3 nitrogen and oxygen atoms in total. The average molecular weight is 155 g/mol. The van der Waals surface area contributed by atoms with Gasteiger partial charge in [-0.2, -0.15) is 0 Å². The minimum absolute atomic E-state index is 0.0209. The average Bonchev–Trinajstić information content (AvgIpc) is 2.47. The van der Waals surface area contributed by atoms with Gasteiger partial charge in [0.15, 0.2) is 0 Å². The normalized spacial score (nSPS) is 23.0. The molecule has 1 aliphatic heterocycles. The van der Waals surface area contributed by atoms with Crippen molar-refractivity contribution in [3.63, 3.8) is 0 Å². The number of ether oxygens (including phenoxy) is 1. The molecule has 0 amide bonds. The molecule has 3 heteroatoms. The quantitative estimate of drug-likeness (QED) is 0.603. The Morgan fingerprint density at radius 3 is 3.27 bits per heavy atom. The van der Waals surface area contributed by atoms with Crippen LogP contribution in [0.4, 0.5) is 0 Å². The molecular formula is C8H13NO2. The standard InChI is InChI=1S/C8H13NO2/c1-2-5-11-8-3-4-9-7(8)6-10/h8-9H,2-5H2,1H3. The van der Waals surface area contributed by atoms with Crippen molar-refractivity contribution in [2.24, 2.45) is 0 Å². The molecule has 1 atom stereocenters. The number of hydrogen-bond acceptors (Lipinski definition) is 3. The summed E-state index contributed by atoms with van der Waals surface area (Å²) in [5, 5.41) is 2.93. The van der Waals surface area contributed by atoms with Crippen LogP contribution in [0.2, 0.25) is 0 Å². The van der Waals surface area contributed by atoms with Gasteiger partial charge in [0.1, 0.15) is 17.7 Å². The summed E-state index contributed by atoms with van der Waals surface area (Å²) in [6.45, 7) is 3.60. The van der Waals surface area contributed by atoms with Crippen LogP contribution in [0.15, 0.2) is 5.70 Å². The molecule has 1 rings (SSSR count). The monoisotopic (exact) mass is 155 g/mol. The van der Waals surface area contributed by atoms with E-state index in [-0.39, 0.29) is 6.10 Å². The maximum absolute atomic E-state index is 10.3. The smallest absolute Gasteiger partial charge is 0.148 e. The highest BCUT2D eigenvalue weighted by molar-refractivity contribution is 5.54. The van der Waals surface area contributed by atoms with Crippen molar-refractivity contribution in [2.45, 2.75) is 25.9 Å². The van der Waals surface area contributed by atoms with Gasteiger partial charge in [0.25, 0.3) is 0 Å². The molecule has 0 spiro atoms. The summed E-state index contributed by atoms with van der Waals surface area (Å²) in [4.78, 5) is 10.3. The van der Waals surface area contributed by atoms with Gasteiger partial charge in [-0.1, -0.05) is 6.92 Å². The van der Waals surface area contributed by atoms with E-state index in [1.807, 2.05) is 12.9 Å². The first-order chi connectivity index (χ1) is 5.38. The number of carbonyl (C=O) groups excluding carboxylic acids is 1. The summed E-state index contributed by atoms with van der Waals surface area (Å²) < 4.78 is 5.39. The first-order valence-corrected chi connectivity index (χ1v) is 3.99. The van der Waals surface area contributed by atoms with Crippen LogP contribution in [0.5, 0.6) is 0 Å². The van der Waals surface area contributed by atoms with Crippen LogP contribution < -0.4 is 5.32 Å². The SMILES string of the molecule is CCCOC1CCNC1=C=O. The summed E-state index contributed by atoms with van der Waals surface area (Å²) in [6, 6.07) is 0. The van der Waals surface area contributed by atoms with E-state index in [4.69, 9.17) is 4.74 Å². The lowest BCUT2D eigenvalue weighted by atomic mass is 10.3. The maximum Gasteiger partial charge on any atom is 0.148 e. The predicted octanol–water partition coefficient (Wildman–Crippen LogP) is 0.490. The van der Waals surface area contributed by atoms with Crippen molar-refractivity contribution in [3.8, 4) is 0 Å². The molecule has 1 fully saturated rings. The molecule has 1 N–H and O–H groups in total. The number of rotatable bonds is 3. The molecule has 1 unspecified atom stereocenters. The van der Waals surface area contributed by atoms with Crippen LogP contribution in [0.25, 0.3) is 0 Å². The van der Waals surface area contributed by atoms with Crippen LogP contribution >= 0.6 is 0 Å². The highest BCUT2D eigenvalue weighted by atomic mass is 16.5. The first-order valence-electron chi connectivity index (χ1n) is 3.99. The summed E-state index contributed by atoms with van der Waals surface area (Å²) in [5.74, 6) is 1.85. The van der Waals surface area contributed by atoms with E-state index >= 15 is 0 Å². The molecule has 1 aliphatic rings. The minimum atomic E-state index is -0.0209. The van der Waals surface area contributed by atoms with E-state index < -0.39 is 0 Å². The van der Waals surface area contributed by atoms with Gasteiger partial charge in [-0.05, 0) is 12.8 Å². The van der Waals surface area contributed by atoms with Crippen LogP contribution in [-0.4, -0.2) is 25.2 Å². The van der Waals surface area contributed by atoms with Crippen molar-refractivity contribution in [1.82, 2.24) is 5.32 Å². The summed E-state index contributed by atoms with van der Waals surface area (Å²) >= 11 is 0. The number of nitrogens with one attached hydrogen (secondary N) is 1. The van der Waals surface area contributed by atoms with Gasteiger partial charge in [-0.3, -0.25) is 0 Å². The molecule has 1 saturated heterocycles. The molecule has 1 heterocycles. The van der Waals surface area contributed by atoms with Gasteiger partial charge < -0.3 is 10.1 Å². The van der Waals surface area contributed by atoms with E-state index in [0.29, 0.717) is 5.70 Å². The van der Waals surface area contributed by atoms with Gasteiger partial charge in [0.2, 0.25) is 0 Å². The maximum atomic E-state index is 10.3.